The summed E-state index contributed by atoms with van der Waals surface area (Å²) < 4.78 is 20.7. The van der Waals surface area contributed by atoms with Crippen LogP contribution < -0.4 is 43.7 Å². The molecular formula is C15H12NaO8P. The summed E-state index contributed by atoms with van der Waals surface area (Å²) in [5, 5.41) is 19.3. The van der Waals surface area contributed by atoms with Gasteiger partial charge in [0.2, 0.25) is 0 Å². The Morgan fingerprint density at radius 2 is 1.84 bits per heavy atom. The molecular weight excluding hydrogens is 362 g/mol. The number of phosphoric acid groups is 1. The van der Waals surface area contributed by atoms with Crippen molar-refractivity contribution >= 4 is 13.6 Å². The smallest absolute Gasteiger partial charge is 0.746 e. The van der Waals surface area contributed by atoms with Gasteiger partial charge in [0.15, 0.2) is 5.78 Å². The molecule has 2 atom stereocenters. The summed E-state index contributed by atoms with van der Waals surface area (Å²) in [6.45, 7) is 0. The molecule has 1 aliphatic heterocycles. The number of hydrogen-bond acceptors (Lipinski definition) is 7. The maximum absolute atomic E-state index is 12.2. The maximum atomic E-state index is 12.2. The zero-order chi connectivity index (χ0) is 17.5. The second-order valence-electron chi connectivity index (χ2n) is 5.20. The Bertz CT molecular complexity index is 845. The topological polar surface area (TPSA) is 136 Å². The first kappa shape index (κ1) is 19.8. The fourth-order valence-corrected chi connectivity index (χ4v) is 2.88. The number of ketones is 1. The summed E-state index contributed by atoms with van der Waals surface area (Å²) in [6.07, 6.45) is -0.709. The molecule has 2 aromatic rings. The number of hydrogen-bond donors (Lipinski definition) is 3. The number of rotatable bonds is 3. The molecule has 0 fully saturated rings. The van der Waals surface area contributed by atoms with E-state index in [0.29, 0.717) is 5.56 Å². The molecule has 3 rings (SSSR count). The molecule has 0 spiro atoms. The van der Waals surface area contributed by atoms with Gasteiger partial charge in [-0.25, -0.2) is 0 Å². The van der Waals surface area contributed by atoms with Gasteiger partial charge in [-0.15, -0.1) is 0 Å². The molecule has 25 heavy (non-hydrogen) atoms. The molecule has 8 nitrogen and oxygen atoms in total. The Labute approximate surface area is 164 Å². The van der Waals surface area contributed by atoms with Crippen molar-refractivity contribution in [1.29, 1.82) is 0 Å². The molecule has 0 aromatic heterocycles. The van der Waals surface area contributed by atoms with Crippen LogP contribution in [0.5, 0.6) is 23.0 Å². The van der Waals surface area contributed by atoms with Gasteiger partial charge in [-0.3, -0.25) is 9.36 Å². The SMILES string of the molecule is O=C1CC(c2ccc(OP(=O)([O-])O)cc2)Oc2cc(O)cc(O)c21.[Na+]. The van der Waals surface area contributed by atoms with Crippen molar-refractivity contribution in [2.45, 2.75) is 12.5 Å². The van der Waals surface area contributed by atoms with Gasteiger partial charge in [0.1, 0.15) is 34.7 Å². The van der Waals surface area contributed by atoms with Crippen molar-refractivity contribution in [3.8, 4) is 23.0 Å². The van der Waals surface area contributed by atoms with Crippen molar-refractivity contribution in [1.82, 2.24) is 0 Å². The third-order valence-electron chi connectivity index (χ3n) is 3.46. The van der Waals surface area contributed by atoms with Crippen LogP contribution >= 0.6 is 7.82 Å². The normalized spacial score (nSPS) is 18.3. The zero-order valence-electron chi connectivity index (χ0n) is 13.1. The number of aromatic hydroxyl groups is 2. The van der Waals surface area contributed by atoms with Gasteiger partial charge in [-0.2, -0.15) is 0 Å². The van der Waals surface area contributed by atoms with E-state index < -0.39 is 13.9 Å². The first-order valence-corrected chi connectivity index (χ1v) is 8.32. The number of carbonyl (C=O) groups excluding carboxylic acids is 1. The molecule has 0 aliphatic carbocycles. The monoisotopic (exact) mass is 374 g/mol. The molecule has 0 radical (unpaired) electrons. The van der Waals surface area contributed by atoms with Gasteiger partial charge >= 0.3 is 37.4 Å². The van der Waals surface area contributed by atoms with Gasteiger partial charge < -0.3 is 29.3 Å². The second-order valence-corrected chi connectivity index (χ2v) is 6.32. The summed E-state index contributed by atoms with van der Waals surface area (Å²) in [4.78, 5) is 31.5. The van der Waals surface area contributed by atoms with E-state index in [1.807, 2.05) is 0 Å². The molecule has 126 valence electrons. The van der Waals surface area contributed by atoms with Crippen LogP contribution in [-0.2, 0) is 4.57 Å². The van der Waals surface area contributed by atoms with Crippen LogP contribution in [0.2, 0.25) is 0 Å². The number of carbonyl (C=O) groups is 1. The van der Waals surface area contributed by atoms with Gasteiger partial charge in [0.25, 0.3) is 0 Å². The van der Waals surface area contributed by atoms with Crippen molar-refractivity contribution in [3.05, 3.63) is 47.5 Å². The van der Waals surface area contributed by atoms with Crippen LogP contribution in [0, 0.1) is 0 Å². The van der Waals surface area contributed by atoms with E-state index in [-0.39, 0.29) is 70.3 Å². The van der Waals surface area contributed by atoms with Crippen molar-refractivity contribution in [3.63, 3.8) is 0 Å². The summed E-state index contributed by atoms with van der Waals surface area (Å²) in [6, 6.07) is 7.87. The van der Waals surface area contributed by atoms with Gasteiger partial charge in [-0.1, -0.05) is 12.1 Å². The van der Waals surface area contributed by atoms with Crippen LogP contribution in [0.25, 0.3) is 0 Å². The fraction of sp³-hybridized carbons (Fsp3) is 0.133. The van der Waals surface area contributed by atoms with Crippen molar-refractivity contribution in [2.75, 3.05) is 0 Å². The average Bonchev–Trinajstić information content (AvgIpc) is 2.45. The fourth-order valence-electron chi connectivity index (χ4n) is 2.49. The number of phenols is 2. The molecule has 0 saturated heterocycles. The number of ether oxygens (including phenoxy) is 1. The molecule has 0 amide bonds. The molecule has 0 saturated carbocycles. The van der Waals surface area contributed by atoms with E-state index in [0.717, 1.165) is 6.07 Å². The largest absolute Gasteiger partial charge is 1.00 e. The predicted molar refractivity (Wildman–Crippen MR) is 79.0 cm³/mol. The summed E-state index contributed by atoms with van der Waals surface area (Å²) >= 11 is 0. The Morgan fingerprint density at radius 1 is 1.20 bits per heavy atom. The zero-order valence-corrected chi connectivity index (χ0v) is 16.0. The molecule has 1 aliphatic rings. The number of benzene rings is 2. The molecule has 0 bridgehead atoms. The Hall–Kier alpha value is -1.54. The summed E-state index contributed by atoms with van der Waals surface area (Å²) in [5.41, 5.74) is 0.569. The van der Waals surface area contributed by atoms with E-state index in [9.17, 15) is 24.5 Å². The molecule has 10 heteroatoms. The third-order valence-corrected chi connectivity index (χ3v) is 3.90. The summed E-state index contributed by atoms with van der Waals surface area (Å²) in [7, 11) is -4.89. The maximum Gasteiger partial charge on any atom is 1.00 e. The van der Waals surface area contributed by atoms with E-state index in [1.165, 1.54) is 30.3 Å². The van der Waals surface area contributed by atoms with Crippen LogP contribution in [-0.4, -0.2) is 20.9 Å². The minimum Gasteiger partial charge on any atom is -0.746 e. The van der Waals surface area contributed by atoms with Crippen LogP contribution in [0.15, 0.2) is 36.4 Å². The number of phosphoric ester groups is 1. The Morgan fingerprint density at radius 3 is 2.44 bits per heavy atom. The van der Waals surface area contributed by atoms with E-state index in [1.54, 1.807) is 0 Å². The van der Waals surface area contributed by atoms with Crippen LogP contribution in [0.4, 0.5) is 0 Å². The van der Waals surface area contributed by atoms with Crippen LogP contribution in [0.3, 0.4) is 0 Å². The molecule has 3 N–H and O–H groups in total. The molecule has 2 unspecified atom stereocenters. The average molecular weight is 374 g/mol. The number of phenolic OH excluding ortho intramolecular Hbond substituents is 2. The van der Waals surface area contributed by atoms with E-state index >= 15 is 0 Å². The minimum atomic E-state index is -4.89. The first-order valence-electron chi connectivity index (χ1n) is 6.82. The molecule has 1 heterocycles. The third kappa shape index (κ3) is 4.55. The van der Waals surface area contributed by atoms with E-state index in [2.05, 4.69) is 4.52 Å². The van der Waals surface area contributed by atoms with Gasteiger partial charge in [0, 0.05) is 12.1 Å². The standard InChI is InChI=1S/C15H13O8P.Na/c16-9-5-11(17)15-12(18)7-13(22-14(15)6-9)8-1-3-10(4-2-8)23-24(19,20)21;/h1-6,13,16-17H,7H2,(H2,19,20,21);/q;+1/p-1. The second kappa shape index (κ2) is 7.37. The Balaban J connectivity index is 0.00000225. The minimum absolute atomic E-state index is 0. The number of Topliss-reactive ketones (excluding diaryl/α,β-unsaturated/α-hetero) is 1. The Kier molecular flexibility index (Phi) is 5.83. The van der Waals surface area contributed by atoms with Crippen LogP contribution in [0.1, 0.15) is 28.4 Å². The quantitative estimate of drug-likeness (QED) is 0.443. The van der Waals surface area contributed by atoms with E-state index in [4.69, 9.17) is 9.63 Å². The van der Waals surface area contributed by atoms with Crippen molar-refractivity contribution < 1.29 is 68.2 Å². The van der Waals surface area contributed by atoms with Gasteiger partial charge in [0.05, 0.1) is 6.42 Å². The molecule has 2 aromatic carbocycles. The number of fused-ring (bicyclic) bond motifs is 1. The van der Waals surface area contributed by atoms with Crippen molar-refractivity contribution in [2.24, 2.45) is 0 Å². The first-order chi connectivity index (χ1) is 11.2. The summed E-state index contributed by atoms with van der Waals surface area (Å²) in [5.74, 6) is -0.965. The van der Waals surface area contributed by atoms with Gasteiger partial charge in [-0.05, 0) is 17.7 Å². The predicted octanol–water partition coefficient (Wildman–Crippen LogP) is -1.35.